The molecular weight excluding hydrogens is 226 g/mol. The molecule has 1 aromatic rings. The number of aliphatic hydroxyl groups excluding tert-OH is 1. The highest BCUT2D eigenvalue weighted by atomic mass is 32.2. The van der Waals surface area contributed by atoms with Gasteiger partial charge < -0.3 is 10.8 Å². The van der Waals surface area contributed by atoms with Gasteiger partial charge in [0.1, 0.15) is 5.37 Å². The van der Waals surface area contributed by atoms with Crippen molar-refractivity contribution in [2.24, 2.45) is 5.73 Å². The molecule has 0 radical (unpaired) electrons. The van der Waals surface area contributed by atoms with Gasteiger partial charge in [0.2, 0.25) is 0 Å². The van der Waals surface area contributed by atoms with Gasteiger partial charge in [-0.05, 0) is 31.9 Å². The van der Waals surface area contributed by atoms with Crippen molar-refractivity contribution >= 4 is 9.84 Å². The summed E-state index contributed by atoms with van der Waals surface area (Å²) in [6.07, 6.45) is 0.666. The second-order valence-electron chi connectivity index (χ2n) is 3.76. The second-order valence-corrected chi connectivity index (χ2v) is 5.93. The number of rotatable bonds is 5. The van der Waals surface area contributed by atoms with Crippen LogP contribution in [0, 0.1) is 6.92 Å². The van der Waals surface area contributed by atoms with Crippen LogP contribution in [0.15, 0.2) is 29.2 Å². The van der Waals surface area contributed by atoms with E-state index < -0.39 is 15.2 Å². The minimum absolute atomic E-state index is 0.0445. The number of aryl methyl sites for hydroxylation is 1. The van der Waals surface area contributed by atoms with Gasteiger partial charge in [-0.15, -0.1) is 0 Å². The number of aliphatic hydroxyl groups is 1. The summed E-state index contributed by atoms with van der Waals surface area (Å²) in [7, 11) is -3.46. The first-order chi connectivity index (χ1) is 7.48. The number of hydrogen-bond acceptors (Lipinski definition) is 4. The van der Waals surface area contributed by atoms with E-state index >= 15 is 0 Å². The van der Waals surface area contributed by atoms with Gasteiger partial charge in [-0.1, -0.05) is 17.7 Å². The van der Waals surface area contributed by atoms with Gasteiger partial charge in [0, 0.05) is 6.61 Å². The Kier molecular flexibility index (Phi) is 4.46. The monoisotopic (exact) mass is 243 g/mol. The van der Waals surface area contributed by atoms with Gasteiger partial charge in [0.05, 0.1) is 4.90 Å². The summed E-state index contributed by atoms with van der Waals surface area (Å²) >= 11 is 0. The van der Waals surface area contributed by atoms with E-state index in [1.54, 1.807) is 24.3 Å². The highest BCUT2D eigenvalue weighted by Gasteiger charge is 2.22. The minimum Gasteiger partial charge on any atom is -0.396 e. The van der Waals surface area contributed by atoms with E-state index in [2.05, 4.69) is 0 Å². The zero-order valence-electron chi connectivity index (χ0n) is 9.26. The maximum absolute atomic E-state index is 11.9. The molecule has 0 aliphatic heterocycles. The number of benzene rings is 1. The molecule has 0 aliphatic rings. The lowest BCUT2D eigenvalue weighted by molar-refractivity contribution is 0.283. The van der Waals surface area contributed by atoms with Gasteiger partial charge in [-0.2, -0.15) is 0 Å². The minimum atomic E-state index is -3.46. The van der Waals surface area contributed by atoms with Crippen molar-refractivity contribution in [2.45, 2.75) is 30.0 Å². The number of sulfone groups is 1. The Hall–Kier alpha value is -0.910. The summed E-state index contributed by atoms with van der Waals surface area (Å²) in [5, 5.41) is 7.70. The highest BCUT2D eigenvalue weighted by Crippen LogP contribution is 2.16. The first-order valence-corrected chi connectivity index (χ1v) is 6.70. The molecule has 0 amide bonds. The molecule has 3 N–H and O–H groups in total. The number of hydrogen-bond donors (Lipinski definition) is 2. The van der Waals surface area contributed by atoms with E-state index in [4.69, 9.17) is 10.8 Å². The van der Waals surface area contributed by atoms with Crippen molar-refractivity contribution in [2.75, 3.05) is 6.61 Å². The third-order valence-electron chi connectivity index (χ3n) is 2.39. The van der Waals surface area contributed by atoms with E-state index in [1.165, 1.54) is 0 Å². The molecular formula is C11H17NO3S. The molecule has 16 heavy (non-hydrogen) atoms. The topological polar surface area (TPSA) is 80.4 Å². The Balaban J connectivity index is 2.89. The lowest BCUT2D eigenvalue weighted by Crippen LogP contribution is -2.30. The smallest absolute Gasteiger partial charge is 0.193 e. The lowest BCUT2D eigenvalue weighted by atomic mass is 10.2. The zero-order valence-corrected chi connectivity index (χ0v) is 10.1. The zero-order chi connectivity index (χ0) is 12.2. The average molecular weight is 243 g/mol. The molecule has 4 nitrogen and oxygen atoms in total. The molecule has 1 aromatic carbocycles. The summed E-state index contributed by atoms with van der Waals surface area (Å²) < 4.78 is 23.9. The van der Waals surface area contributed by atoms with Crippen LogP contribution in [0.1, 0.15) is 18.4 Å². The fourth-order valence-corrected chi connectivity index (χ4v) is 2.69. The van der Waals surface area contributed by atoms with Crippen LogP contribution in [0.2, 0.25) is 0 Å². The summed E-state index contributed by atoms with van der Waals surface area (Å²) in [4.78, 5) is 0.239. The molecule has 90 valence electrons. The fourth-order valence-electron chi connectivity index (χ4n) is 1.35. The summed E-state index contributed by atoms with van der Waals surface area (Å²) in [6, 6.07) is 6.60. The maximum Gasteiger partial charge on any atom is 0.193 e. The van der Waals surface area contributed by atoms with Crippen LogP contribution >= 0.6 is 0 Å². The van der Waals surface area contributed by atoms with Gasteiger partial charge >= 0.3 is 0 Å². The Morgan fingerprint density at radius 3 is 2.38 bits per heavy atom. The van der Waals surface area contributed by atoms with E-state index in [0.717, 1.165) is 5.56 Å². The molecule has 0 saturated heterocycles. The van der Waals surface area contributed by atoms with Crippen LogP contribution in [0.4, 0.5) is 0 Å². The summed E-state index contributed by atoms with van der Waals surface area (Å²) in [5.74, 6) is 0. The van der Waals surface area contributed by atoms with Crippen molar-refractivity contribution < 1.29 is 13.5 Å². The summed E-state index contributed by atoms with van der Waals surface area (Å²) in [5.41, 5.74) is 6.61. The second kappa shape index (κ2) is 5.43. The number of nitrogens with two attached hydrogens (primary N) is 1. The largest absolute Gasteiger partial charge is 0.396 e. The Bertz CT molecular complexity index is 425. The van der Waals surface area contributed by atoms with E-state index in [1.807, 2.05) is 6.92 Å². The third kappa shape index (κ3) is 3.04. The molecule has 1 rings (SSSR count). The van der Waals surface area contributed by atoms with Crippen LogP contribution in [0.3, 0.4) is 0 Å². The van der Waals surface area contributed by atoms with Gasteiger partial charge in [-0.25, -0.2) is 8.42 Å². The molecule has 0 spiro atoms. The Labute approximate surface area is 96.0 Å². The predicted octanol–water partition coefficient (Wildman–Crippen LogP) is 0.826. The van der Waals surface area contributed by atoms with Crippen molar-refractivity contribution in [3.05, 3.63) is 29.8 Å². The van der Waals surface area contributed by atoms with Crippen LogP contribution < -0.4 is 5.73 Å². The Morgan fingerprint density at radius 1 is 1.31 bits per heavy atom. The normalized spacial score (nSPS) is 13.7. The molecule has 0 aromatic heterocycles. The molecule has 0 saturated carbocycles. The first kappa shape index (κ1) is 13.2. The van der Waals surface area contributed by atoms with Gasteiger partial charge in [0.15, 0.2) is 9.84 Å². The standard InChI is InChI=1S/C11H17NO3S/c1-9-4-6-10(7-5-9)16(14,15)11(12)3-2-8-13/h4-7,11,13H,2-3,8,12H2,1H3/t11-/m1/s1. The van der Waals surface area contributed by atoms with Gasteiger partial charge in [-0.3, -0.25) is 0 Å². The highest BCUT2D eigenvalue weighted by molar-refractivity contribution is 7.92. The molecule has 5 heteroatoms. The van der Waals surface area contributed by atoms with E-state index in [-0.39, 0.29) is 17.9 Å². The lowest BCUT2D eigenvalue weighted by Gasteiger charge is -2.12. The van der Waals surface area contributed by atoms with Crippen LogP contribution in [-0.4, -0.2) is 25.5 Å². The molecule has 0 heterocycles. The quantitative estimate of drug-likeness (QED) is 0.802. The molecule has 0 aliphatic carbocycles. The third-order valence-corrected chi connectivity index (χ3v) is 4.36. The first-order valence-electron chi connectivity index (χ1n) is 5.15. The molecule has 0 fully saturated rings. The van der Waals surface area contributed by atoms with Crippen molar-refractivity contribution in [3.63, 3.8) is 0 Å². The van der Waals surface area contributed by atoms with E-state index in [0.29, 0.717) is 6.42 Å². The SMILES string of the molecule is Cc1ccc(S(=O)(=O)[C@@H](N)CCCO)cc1. The fraction of sp³-hybridized carbons (Fsp3) is 0.455. The molecule has 1 atom stereocenters. The van der Waals surface area contributed by atoms with Gasteiger partial charge in [0.25, 0.3) is 0 Å². The maximum atomic E-state index is 11.9. The van der Waals surface area contributed by atoms with Crippen molar-refractivity contribution in [1.82, 2.24) is 0 Å². The van der Waals surface area contributed by atoms with Crippen LogP contribution in [0.25, 0.3) is 0 Å². The molecule has 0 unspecified atom stereocenters. The van der Waals surface area contributed by atoms with E-state index in [9.17, 15) is 8.42 Å². The van der Waals surface area contributed by atoms with Crippen molar-refractivity contribution in [3.8, 4) is 0 Å². The predicted molar refractivity (Wildman–Crippen MR) is 62.7 cm³/mol. The molecule has 0 bridgehead atoms. The van der Waals surface area contributed by atoms with Crippen molar-refractivity contribution in [1.29, 1.82) is 0 Å². The van der Waals surface area contributed by atoms with Crippen LogP contribution in [0.5, 0.6) is 0 Å². The average Bonchev–Trinajstić information content (AvgIpc) is 2.26. The van der Waals surface area contributed by atoms with Crippen LogP contribution in [-0.2, 0) is 9.84 Å². The Morgan fingerprint density at radius 2 is 1.88 bits per heavy atom. The summed E-state index contributed by atoms with van der Waals surface area (Å²) in [6.45, 7) is 1.85.